The third-order valence-electron chi connectivity index (χ3n) is 4.63. The van der Waals surface area contributed by atoms with Gasteiger partial charge in [-0.1, -0.05) is 18.2 Å². The molecule has 1 aromatic carbocycles. The Morgan fingerprint density at radius 2 is 1.85 bits per heavy atom. The third kappa shape index (κ3) is 4.56. The largest absolute Gasteiger partial charge is 0.481 e. The summed E-state index contributed by atoms with van der Waals surface area (Å²) in [4.78, 5) is 21.6. The maximum Gasteiger partial charge on any atom is 0.253 e. The van der Waals surface area contributed by atoms with Crippen molar-refractivity contribution in [3.05, 3.63) is 48.0 Å². The van der Waals surface area contributed by atoms with Crippen molar-refractivity contribution < 1.29 is 9.53 Å². The van der Waals surface area contributed by atoms with Crippen LogP contribution in [-0.2, 0) is 0 Å². The van der Waals surface area contributed by atoms with E-state index in [1.807, 2.05) is 59.1 Å². The van der Waals surface area contributed by atoms with Crippen molar-refractivity contribution in [1.29, 1.82) is 0 Å². The maximum atomic E-state index is 12.7. The van der Waals surface area contributed by atoms with Gasteiger partial charge in [0.05, 0.1) is 12.8 Å². The second-order valence-corrected chi connectivity index (χ2v) is 7.25. The predicted molar refractivity (Wildman–Crippen MR) is 107 cm³/mol. The molecule has 0 saturated carbocycles. The van der Waals surface area contributed by atoms with Gasteiger partial charge in [0.2, 0.25) is 5.88 Å². The number of carbonyl (C=O) groups is 1. The molecule has 1 amide bonds. The summed E-state index contributed by atoms with van der Waals surface area (Å²) in [6, 6.07) is 13.3. The molecule has 0 spiro atoms. The lowest BCUT2D eigenvalue weighted by molar-refractivity contribution is 0.0644. The van der Waals surface area contributed by atoms with Crippen LogP contribution in [0.15, 0.2) is 42.5 Å². The average molecular weight is 372 g/mol. The summed E-state index contributed by atoms with van der Waals surface area (Å²) in [5, 5.41) is 0. The maximum absolute atomic E-state index is 12.7. The topological polar surface area (TPSA) is 45.7 Å². The lowest BCUT2D eigenvalue weighted by Crippen LogP contribution is -2.49. The number of benzene rings is 1. The van der Waals surface area contributed by atoms with Crippen molar-refractivity contribution >= 4 is 17.7 Å². The Bertz CT molecular complexity index is 728. The van der Waals surface area contributed by atoms with Gasteiger partial charge in [0, 0.05) is 55.7 Å². The Balaban J connectivity index is 1.62. The van der Waals surface area contributed by atoms with Crippen LogP contribution in [0.3, 0.4) is 0 Å². The van der Waals surface area contributed by atoms with E-state index in [0.29, 0.717) is 5.88 Å². The number of thioether (sulfide) groups is 1. The van der Waals surface area contributed by atoms with E-state index in [1.54, 1.807) is 7.11 Å². The number of carbonyl (C=O) groups excluding carboxylic acids is 1. The van der Waals surface area contributed by atoms with Crippen LogP contribution in [0.25, 0.3) is 11.3 Å². The minimum absolute atomic E-state index is 0.111. The van der Waals surface area contributed by atoms with Gasteiger partial charge in [0.1, 0.15) is 0 Å². The van der Waals surface area contributed by atoms with Crippen molar-refractivity contribution in [2.45, 2.75) is 0 Å². The van der Waals surface area contributed by atoms with E-state index in [1.165, 1.54) is 0 Å². The Morgan fingerprint density at radius 1 is 1.12 bits per heavy atom. The molecule has 0 atom stereocenters. The molecule has 5 nitrogen and oxygen atoms in total. The van der Waals surface area contributed by atoms with Gasteiger partial charge in [-0.25, -0.2) is 4.98 Å². The molecule has 2 aromatic rings. The Kier molecular flexibility index (Phi) is 6.52. The fourth-order valence-electron chi connectivity index (χ4n) is 3.05. The number of hydrogen-bond donors (Lipinski definition) is 0. The first kappa shape index (κ1) is 18.7. The molecule has 1 fully saturated rings. The number of pyridine rings is 1. The van der Waals surface area contributed by atoms with Crippen molar-refractivity contribution in [3.63, 3.8) is 0 Å². The molecule has 0 radical (unpaired) electrons. The van der Waals surface area contributed by atoms with E-state index < -0.39 is 0 Å². The van der Waals surface area contributed by atoms with Gasteiger partial charge in [-0.15, -0.1) is 0 Å². The van der Waals surface area contributed by atoms with Gasteiger partial charge >= 0.3 is 0 Å². The summed E-state index contributed by atoms with van der Waals surface area (Å²) in [6.07, 6.45) is 2.13. The number of ether oxygens (including phenoxy) is 1. The molecule has 1 saturated heterocycles. The number of rotatable bonds is 6. The monoisotopic (exact) mass is 371 g/mol. The second kappa shape index (κ2) is 9.05. The molecule has 6 heteroatoms. The Morgan fingerprint density at radius 3 is 2.50 bits per heavy atom. The van der Waals surface area contributed by atoms with E-state index in [4.69, 9.17) is 4.74 Å². The van der Waals surface area contributed by atoms with E-state index in [2.05, 4.69) is 16.1 Å². The molecule has 1 aromatic heterocycles. The number of nitrogens with zero attached hydrogens (tertiary/aromatic N) is 3. The first-order valence-corrected chi connectivity index (χ1v) is 10.2. The van der Waals surface area contributed by atoms with Gasteiger partial charge in [-0.3, -0.25) is 9.69 Å². The van der Waals surface area contributed by atoms with Crippen LogP contribution < -0.4 is 4.74 Å². The van der Waals surface area contributed by atoms with E-state index in [-0.39, 0.29) is 5.91 Å². The molecule has 3 rings (SSSR count). The summed E-state index contributed by atoms with van der Waals surface area (Å²) >= 11 is 1.87. The minimum Gasteiger partial charge on any atom is -0.481 e. The molecular weight excluding hydrogens is 346 g/mol. The molecule has 0 aliphatic carbocycles. The zero-order valence-corrected chi connectivity index (χ0v) is 16.2. The van der Waals surface area contributed by atoms with E-state index in [9.17, 15) is 4.79 Å². The number of amides is 1. The standard InChI is InChI=1S/C20H25N3O2S/c1-25-19-5-3-4-18(21-19)16-6-8-17(9-7-16)20(24)23-12-10-22(11-13-23)14-15-26-2/h3-9H,10-15H2,1-2H3. The van der Waals surface area contributed by atoms with E-state index in [0.717, 1.165) is 55.3 Å². The quantitative estimate of drug-likeness (QED) is 0.781. The molecule has 26 heavy (non-hydrogen) atoms. The van der Waals surface area contributed by atoms with Crippen molar-refractivity contribution in [3.8, 4) is 17.1 Å². The zero-order chi connectivity index (χ0) is 18.4. The number of aromatic nitrogens is 1. The minimum atomic E-state index is 0.111. The number of piperazine rings is 1. The highest BCUT2D eigenvalue weighted by molar-refractivity contribution is 7.98. The molecule has 0 bridgehead atoms. The van der Waals surface area contributed by atoms with Crippen molar-refractivity contribution in [1.82, 2.24) is 14.8 Å². The fourth-order valence-corrected chi connectivity index (χ4v) is 3.49. The van der Waals surface area contributed by atoms with Crippen LogP contribution in [-0.4, -0.2) is 72.5 Å². The van der Waals surface area contributed by atoms with Crippen LogP contribution in [0.1, 0.15) is 10.4 Å². The van der Waals surface area contributed by atoms with Crippen LogP contribution in [0.2, 0.25) is 0 Å². The summed E-state index contributed by atoms with van der Waals surface area (Å²) in [7, 11) is 1.61. The summed E-state index contributed by atoms with van der Waals surface area (Å²) in [5.41, 5.74) is 2.54. The van der Waals surface area contributed by atoms with E-state index >= 15 is 0 Å². The number of methoxy groups -OCH3 is 1. The molecular formula is C20H25N3O2S. The van der Waals surface area contributed by atoms with Gasteiger partial charge in [0.25, 0.3) is 5.91 Å². The highest BCUT2D eigenvalue weighted by atomic mass is 32.2. The van der Waals surface area contributed by atoms with Crippen LogP contribution >= 0.6 is 11.8 Å². The van der Waals surface area contributed by atoms with Crippen molar-refractivity contribution in [2.75, 3.05) is 51.8 Å². The third-order valence-corrected chi connectivity index (χ3v) is 5.22. The number of hydrogen-bond acceptors (Lipinski definition) is 5. The molecule has 1 aliphatic rings. The smallest absolute Gasteiger partial charge is 0.253 e. The highest BCUT2D eigenvalue weighted by Crippen LogP contribution is 2.21. The molecule has 2 heterocycles. The SMILES string of the molecule is COc1cccc(-c2ccc(C(=O)N3CCN(CCSC)CC3)cc2)n1. The first-order chi connectivity index (χ1) is 12.7. The van der Waals surface area contributed by atoms with Crippen LogP contribution in [0.5, 0.6) is 5.88 Å². The second-order valence-electron chi connectivity index (χ2n) is 6.27. The van der Waals surface area contributed by atoms with Gasteiger partial charge in [-0.05, 0) is 24.5 Å². The fraction of sp³-hybridized carbons (Fsp3) is 0.400. The Labute approximate surface area is 159 Å². The first-order valence-electron chi connectivity index (χ1n) is 8.83. The zero-order valence-electron chi connectivity index (χ0n) is 15.4. The predicted octanol–water partition coefficient (Wildman–Crippen LogP) is 2.88. The van der Waals surface area contributed by atoms with Gasteiger partial charge < -0.3 is 9.64 Å². The summed E-state index contributed by atoms with van der Waals surface area (Å²) in [5.74, 6) is 1.84. The average Bonchev–Trinajstić information content (AvgIpc) is 2.72. The normalized spacial score (nSPS) is 15.1. The summed E-state index contributed by atoms with van der Waals surface area (Å²) < 4.78 is 5.17. The summed E-state index contributed by atoms with van der Waals surface area (Å²) in [6.45, 7) is 4.61. The Hall–Kier alpha value is -2.05. The molecule has 1 aliphatic heterocycles. The van der Waals surface area contributed by atoms with Crippen LogP contribution in [0, 0.1) is 0 Å². The van der Waals surface area contributed by atoms with Crippen LogP contribution in [0.4, 0.5) is 0 Å². The van der Waals surface area contributed by atoms with Gasteiger partial charge in [0.15, 0.2) is 0 Å². The highest BCUT2D eigenvalue weighted by Gasteiger charge is 2.21. The van der Waals surface area contributed by atoms with Crippen molar-refractivity contribution in [2.24, 2.45) is 0 Å². The lowest BCUT2D eigenvalue weighted by atomic mass is 10.1. The van der Waals surface area contributed by atoms with Gasteiger partial charge in [-0.2, -0.15) is 11.8 Å². The molecule has 0 N–H and O–H groups in total. The lowest BCUT2D eigenvalue weighted by Gasteiger charge is -2.34. The molecule has 138 valence electrons. The molecule has 0 unspecified atom stereocenters.